The van der Waals surface area contributed by atoms with E-state index >= 15 is 0 Å². The molecule has 28 heavy (non-hydrogen) atoms. The van der Waals surface area contributed by atoms with E-state index in [0.29, 0.717) is 6.54 Å². The summed E-state index contributed by atoms with van der Waals surface area (Å²) in [7, 11) is 0. The van der Waals surface area contributed by atoms with Gasteiger partial charge < -0.3 is 4.74 Å². The van der Waals surface area contributed by atoms with Gasteiger partial charge in [0.05, 0.1) is 30.5 Å². The molecule has 0 radical (unpaired) electrons. The summed E-state index contributed by atoms with van der Waals surface area (Å²) in [4.78, 5) is 24.7. The fourth-order valence-electron chi connectivity index (χ4n) is 3.27. The van der Waals surface area contributed by atoms with Gasteiger partial charge in [-0.3, -0.25) is 9.69 Å². The molecular formula is C22H23N3O2S. The fraction of sp³-hybridized carbons (Fsp3) is 0.318. The van der Waals surface area contributed by atoms with Crippen LogP contribution >= 0.6 is 11.8 Å². The molecule has 0 amide bonds. The van der Waals surface area contributed by atoms with E-state index in [1.54, 1.807) is 0 Å². The summed E-state index contributed by atoms with van der Waals surface area (Å²) in [5.74, 6) is 0.908. The van der Waals surface area contributed by atoms with Crippen LogP contribution in [0.4, 0.5) is 0 Å². The Morgan fingerprint density at radius 2 is 1.79 bits per heavy atom. The maximum Gasteiger partial charge on any atom is 0.175 e. The van der Waals surface area contributed by atoms with Crippen LogP contribution in [0.1, 0.15) is 23.1 Å². The molecule has 4 rings (SSSR count). The van der Waals surface area contributed by atoms with Crippen molar-refractivity contribution in [2.75, 3.05) is 26.3 Å². The molecule has 0 bridgehead atoms. The number of morpholine rings is 1. The number of Topliss-reactive ketones (excluding diaryl/α,β-unsaturated/α-hetero) is 1. The molecule has 0 saturated carbocycles. The number of fused-ring (bicyclic) bond motifs is 1. The van der Waals surface area contributed by atoms with E-state index in [-0.39, 0.29) is 11.0 Å². The van der Waals surface area contributed by atoms with Gasteiger partial charge in [-0.25, -0.2) is 9.97 Å². The predicted molar refractivity (Wildman–Crippen MR) is 112 cm³/mol. The number of para-hydroxylation sites is 1. The number of carbonyl (C=O) groups is 1. The first-order valence-electron chi connectivity index (χ1n) is 9.52. The molecule has 2 heterocycles. The quantitative estimate of drug-likeness (QED) is 0.360. The van der Waals surface area contributed by atoms with E-state index in [2.05, 4.69) is 4.90 Å². The second kappa shape index (κ2) is 8.82. The summed E-state index contributed by atoms with van der Waals surface area (Å²) >= 11 is 1.51. The smallest absolute Gasteiger partial charge is 0.175 e. The summed E-state index contributed by atoms with van der Waals surface area (Å²) in [5.41, 5.74) is 1.65. The molecule has 6 heteroatoms. The number of thioether (sulfide) groups is 1. The highest BCUT2D eigenvalue weighted by molar-refractivity contribution is 8.00. The van der Waals surface area contributed by atoms with Gasteiger partial charge in [0.1, 0.15) is 10.9 Å². The second-order valence-corrected chi connectivity index (χ2v) is 8.17. The Bertz CT molecular complexity index is 958. The number of ether oxygens (including phenoxy) is 1. The normalized spacial score (nSPS) is 16.2. The van der Waals surface area contributed by atoms with E-state index in [0.717, 1.165) is 53.6 Å². The third-order valence-electron chi connectivity index (χ3n) is 4.80. The molecule has 1 atom stereocenters. The Morgan fingerprint density at radius 3 is 2.57 bits per heavy atom. The highest BCUT2D eigenvalue weighted by atomic mass is 32.2. The SMILES string of the molecule is C[C@H](Sc1nc(CN2CCOCC2)nc2ccccc12)C(=O)c1ccccc1. The number of hydrogen-bond donors (Lipinski definition) is 0. The average molecular weight is 394 g/mol. The topological polar surface area (TPSA) is 55.3 Å². The number of hydrogen-bond acceptors (Lipinski definition) is 6. The number of aromatic nitrogens is 2. The third-order valence-corrected chi connectivity index (χ3v) is 5.90. The van der Waals surface area contributed by atoms with Crippen molar-refractivity contribution in [1.82, 2.24) is 14.9 Å². The second-order valence-electron chi connectivity index (χ2n) is 6.84. The number of benzene rings is 2. The van der Waals surface area contributed by atoms with Crippen LogP contribution in [0.25, 0.3) is 10.9 Å². The lowest BCUT2D eigenvalue weighted by molar-refractivity contribution is 0.0330. The van der Waals surface area contributed by atoms with E-state index in [4.69, 9.17) is 14.7 Å². The molecule has 1 aromatic heterocycles. The zero-order valence-corrected chi connectivity index (χ0v) is 16.7. The molecule has 1 saturated heterocycles. The van der Waals surface area contributed by atoms with E-state index in [1.807, 2.05) is 61.5 Å². The zero-order valence-electron chi connectivity index (χ0n) is 15.9. The summed E-state index contributed by atoms with van der Waals surface area (Å²) in [5, 5.41) is 1.63. The largest absolute Gasteiger partial charge is 0.379 e. The van der Waals surface area contributed by atoms with Gasteiger partial charge in [0.15, 0.2) is 5.78 Å². The van der Waals surface area contributed by atoms with Crippen molar-refractivity contribution < 1.29 is 9.53 Å². The lowest BCUT2D eigenvalue weighted by Gasteiger charge is -2.26. The molecule has 2 aromatic carbocycles. The van der Waals surface area contributed by atoms with Crippen LogP contribution in [0.15, 0.2) is 59.6 Å². The molecule has 0 N–H and O–H groups in total. The van der Waals surface area contributed by atoms with Crippen LogP contribution in [0.5, 0.6) is 0 Å². The van der Waals surface area contributed by atoms with Gasteiger partial charge in [-0.2, -0.15) is 0 Å². The van der Waals surface area contributed by atoms with E-state index in [9.17, 15) is 4.79 Å². The highest BCUT2D eigenvalue weighted by Gasteiger charge is 2.20. The summed E-state index contributed by atoms with van der Waals surface area (Å²) < 4.78 is 5.43. The Balaban J connectivity index is 1.60. The van der Waals surface area contributed by atoms with Crippen LogP contribution in [0, 0.1) is 0 Å². The first-order valence-corrected chi connectivity index (χ1v) is 10.4. The Hall–Kier alpha value is -2.28. The van der Waals surface area contributed by atoms with Crippen molar-refractivity contribution in [3.05, 3.63) is 66.0 Å². The molecule has 1 aliphatic heterocycles. The minimum absolute atomic E-state index is 0.114. The average Bonchev–Trinajstić information content (AvgIpc) is 2.74. The number of nitrogens with zero attached hydrogens (tertiary/aromatic N) is 3. The van der Waals surface area contributed by atoms with Crippen LogP contribution in [-0.4, -0.2) is 52.2 Å². The van der Waals surface area contributed by atoms with Crippen molar-refractivity contribution in [1.29, 1.82) is 0 Å². The fourth-order valence-corrected chi connectivity index (χ4v) is 4.31. The van der Waals surface area contributed by atoms with Gasteiger partial charge in [0.2, 0.25) is 0 Å². The molecular weight excluding hydrogens is 370 g/mol. The predicted octanol–water partition coefficient (Wildman–Crippen LogP) is 3.83. The molecule has 3 aromatic rings. The van der Waals surface area contributed by atoms with Crippen LogP contribution in [0.3, 0.4) is 0 Å². The molecule has 144 valence electrons. The first-order chi connectivity index (χ1) is 13.7. The minimum atomic E-state index is -0.225. The molecule has 0 aliphatic carbocycles. The Labute approximate surface area is 169 Å². The first kappa shape index (κ1) is 19.1. The van der Waals surface area contributed by atoms with Gasteiger partial charge in [0, 0.05) is 24.0 Å². The van der Waals surface area contributed by atoms with E-state index in [1.165, 1.54) is 11.8 Å². The molecule has 1 fully saturated rings. The van der Waals surface area contributed by atoms with Crippen molar-refractivity contribution in [3.8, 4) is 0 Å². The molecule has 5 nitrogen and oxygen atoms in total. The third kappa shape index (κ3) is 4.41. The highest BCUT2D eigenvalue weighted by Crippen LogP contribution is 2.30. The van der Waals surface area contributed by atoms with Crippen molar-refractivity contribution in [2.24, 2.45) is 0 Å². The summed E-state index contributed by atoms with van der Waals surface area (Å²) in [6.07, 6.45) is 0. The lowest BCUT2D eigenvalue weighted by Crippen LogP contribution is -2.36. The van der Waals surface area contributed by atoms with Crippen LogP contribution in [0.2, 0.25) is 0 Å². The zero-order chi connectivity index (χ0) is 19.3. The van der Waals surface area contributed by atoms with Gasteiger partial charge in [-0.15, -0.1) is 0 Å². The van der Waals surface area contributed by atoms with E-state index < -0.39 is 0 Å². The van der Waals surface area contributed by atoms with Gasteiger partial charge >= 0.3 is 0 Å². The van der Waals surface area contributed by atoms with Crippen molar-refractivity contribution in [2.45, 2.75) is 23.7 Å². The minimum Gasteiger partial charge on any atom is -0.379 e. The van der Waals surface area contributed by atoms with Gasteiger partial charge in [0.25, 0.3) is 0 Å². The standard InChI is InChI=1S/C22H23N3O2S/c1-16(21(26)17-7-3-2-4-8-17)28-22-18-9-5-6-10-19(18)23-20(24-22)15-25-11-13-27-14-12-25/h2-10,16H,11-15H2,1H3/t16-/m0/s1. The number of carbonyl (C=O) groups excluding carboxylic acids is 1. The van der Waals surface area contributed by atoms with Crippen LogP contribution < -0.4 is 0 Å². The maximum absolute atomic E-state index is 12.8. The summed E-state index contributed by atoms with van der Waals surface area (Å²) in [6, 6.07) is 17.4. The molecule has 1 aliphatic rings. The molecule has 0 spiro atoms. The van der Waals surface area contributed by atoms with Gasteiger partial charge in [-0.1, -0.05) is 60.3 Å². The number of rotatable bonds is 6. The van der Waals surface area contributed by atoms with Crippen molar-refractivity contribution in [3.63, 3.8) is 0 Å². The Kier molecular flexibility index (Phi) is 6.00. The van der Waals surface area contributed by atoms with Crippen molar-refractivity contribution >= 4 is 28.4 Å². The lowest BCUT2D eigenvalue weighted by atomic mass is 10.1. The maximum atomic E-state index is 12.8. The van der Waals surface area contributed by atoms with Gasteiger partial charge in [-0.05, 0) is 13.0 Å². The van der Waals surface area contributed by atoms with Crippen LogP contribution in [-0.2, 0) is 11.3 Å². The monoisotopic (exact) mass is 393 g/mol. The summed E-state index contributed by atoms with van der Waals surface area (Å²) in [6.45, 7) is 5.92. The Morgan fingerprint density at radius 1 is 1.07 bits per heavy atom. The number of ketones is 1. The molecule has 0 unspecified atom stereocenters.